The molecule has 1 aliphatic heterocycles. The Balaban J connectivity index is 1.81. The van der Waals surface area contributed by atoms with E-state index in [0.717, 1.165) is 12.1 Å². The summed E-state index contributed by atoms with van der Waals surface area (Å²) in [6.45, 7) is 5.02. The van der Waals surface area contributed by atoms with Gasteiger partial charge in [-0.2, -0.15) is 5.10 Å². The van der Waals surface area contributed by atoms with Crippen molar-refractivity contribution in [3.8, 4) is 0 Å². The highest BCUT2D eigenvalue weighted by atomic mass is 16.2. The molecule has 2 aromatic heterocycles. The molecule has 0 saturated carbocycles. The van der Waals surface area contributed by atoms with Crippen LogP contribution in [0.4, 0.5) is 0 Å². The average molecular weight is 350 g/mol. The SMILES string of the molecule is CC(C)n1nc(C(=O)N2CCc3ccn(C)c3C2)c2ccccc2c1=O. The fraction of sp³-hybridized carbons (Fsp3) is 0.350. The number of nitrogens with zero attached hydrogens (tertiary/aromatic N) is 4. The molecular weight excluding hydrogens is 328 g/mol. The number of hydrogen-bond donors (Lipinski definition) is 0. The van der Waals surface area contributed by atoms with Crippen LogP contribution in [0.1, 0.15) is 41.6 Å². The molecule has 3 heterocycles. The zero-order valence-electron chi connectivity index (χ0n) is 15.3. The molecule has 0 bridgehead atoms. The Kier molecular flexibility index (Phi) is 3.90. The summed E-state index contributed by atoms with van der Waals surface area (Å²) >= 11 is 0. The molecule has 1 aliphatic rings. The van der Waals surface area contributed by atoms with Crippen LogP contribution in [0.15, 0.2) is 41.3 Å². The van der Waals surface area contributed by atoms with Crippen molar-refractivity contribution in [2.45, 2.75) is 32.9 Å². The monoisotopic (exact) mass is 350 g/mol. The summed E-state index contributed by atoms with van der Waals surface area (Å²) in [5.41, 5.74) is 2.65. The minimum atomic E-state index is -0.157. The van der Waals surface area contributed by atoms with Crippen molar-refractivity contribution in [3.05, 3.63) is 63.8 Å². The van der Waals surface area contributed by atoms with E-state index in [-0.39, 0.29) is 17.5 Å². The van der Waals surface area contributed by atoms with Gasteiger partial charge >= 0.3 is 0 Å². The van der Waals surface area contributed by atoms with E-state index in [1.165, 1.54) is 10.2 Å². The number of hydrogen-bond acceptors (Lipinski definition) is 3. The van der Waals surface area contributed by atoms with Crippen LogP contribution in [0.2, 0.25) is 0 Å². The molecule has 26 heavy (non-hydrogen) atoms. The smallest absolute Gasteiger partial charge is 0.275 e. The fourth-order valence-electron chi connectivity index (χ4n) is 3.61. The predicted octanol–water partition coefficient (Wildman–Crippen LogP) is 2.51. The van der Waals surface area contributed by atoms with Crippen LogP contribution in [0, 0.1) is 0 Å². The molecule has 1 amide bonds. The maximum atomic E-state index is 13.3. The molecule has 3 aromatic rings. The van der Waals surface area contributed by atoms with Gasteiger partial charge in [-0.15, -0.1) is 0 Å². The second kappa shape index (κ2) is 6.12. The lowest BCUT2D eigenvalue weighted by atomic mass is 10.1. The number of rotatable bonds is 2. The van der Waals surface area contributed by atoms with Crippen LogP contribution in [-0.2, 0) is 20.0 Å². The van der Waals surface area contributed by atoms with Gasteiger partial charge in [-0.3, -0.25) is 9.59 Å². The molecule has 0 atom stereocenters. The van der Waals surface area contributed by atoms with Crippen LogP contribution in [0.5, 0.6) is 0 Å². The zero-order valence-corrected chi connectivity index (χ0v) is 15.3. The fourth-order valence-corrected chi connectivity index (χ4v) is 3.61. The minimum absolute atomic E-state index is 0.112. The number of benzene rings is 1. The van der Waals surface area contributed by atoms with Gasteiger partial charge in [0.05, 0.1) is 18.0 Å². The van der Waals surface area contributed by atoms with Gasteiger partial charge in [-0.1, -0.05) is 18.2 Å². The predicted molar refractivity (Wildman–Crippen MR) is 100 cm³/mol. The first-order valence-corrected chi connectivity index (χ1v) is 8.91. The second-order valence-corrected chi connectivity index (χ2v) is 7.11. The number of fused-ring (bicyclic) bond motifs is 2. The van der Waals surface area contributed by atoms with Gasteiger partial charge in [0.1, 0.15) is 0 Å². The summed E-state index contributed by atoms with van der Waals surface area (Å²) < 4.78 is 3.48. The molecule has 6 nitrogen and oxygen atoms in total. The van der Waals surface area contributed by atoms with Crippen LogP contribution >= 0.6 is 0 Å². The van der Waals surface area contributed by atoms with Crippen molar-refractivity contribution in [2.75, 3.05) is 6.54 Å². The van der Waals surface area contributed by atoms with Crippen LogP contribution in [0.3, 0.4) is 0 Å². The second-order valence-electron chi connectivity index (χ2n) is 7.11. The summed E-state index contributed by atoms with van der Waals surface area (Å²) in [6, 6.07) is 9.23. The van der Waals surface area contributed by atoms with Gasteiger partial charge < -0.3 is 9.47 Å². The van der Waals surface area contributed by atoms with Crippen molar-refractivity contribution in [1.29, 1.82) is 0 Å². The molecule has 0 spiro atoms. The topological polar surface area (TPSA) is 60.1 Å². The third kappa shape index (κ3) is 2.53. The van der Waals surface area contributed by atoms with E-state index in [0.29, 0.717) is 29.6 Å². The highest BCUT2D eigenvalue weighted by Gasteiger charge is 2.27. The number of carbonyl (C=O) groups is 1. The van der Waals surface area contributed by atoms with Crippen molar-refractivity contribution < 1.29 is 4.79 Å². The minimum Gasteiger partial charge on any atom is -0.353 e. The van der Waals surface area contributed by atoms with E-state index in [9.17, 15) is 9.59 Å². The largest absolute Gasteiger partial charge is 0.353 e. The molecule has 134 valence electrons. The van der Waals surface area contributed by atoms with Gasteiger partial charge in [0.2, 0.25) is 0 Å². The standard InChI is InChI=1S/C20H22N4O2/c1-13(2)24-19(25)16-7-5-4-6-15(16)18(21-24)20(26)23-11-9-14-8-10-22(3)17(14)12-23/h4-8,10,13H,9,11-12H2,1-3H3. The average Bonchev–Trinajstić information content (AvgIpc) is 3.02. The molecule has 0 unspecified atom stereocenters. The molecule has 0 aliphatic carbocycles. The summed E-state index contributed by atoms with van der Waals surface area (Å²) in [5.74, 6) is -0.123. The first-order chi connectivity index (χ1) is 12.5. The van der Waals surface area contributed by atoms with E-state index in [1.54, 1.807) is 12.1 Å². The Labute approximate surface area is 151 Å². The Morgan fingerprint density at radius 3 is 2.62 bits per heavy atom. The van der Waals surface area contributed by atoms with Gasteiger partial charge in [-0.05, 0) is 38.0 Å². The van der Waals surface area contributed by atoms with Crippen molar-refractivity contribution in [2.24, 2.45) is 7.05 Å². The molecule has 4 rings (SSSR count). The number of amides is 1. The highest BCUT2D eigenvalue weighted by Crippen LogP contribution is 2.23. The van der Waals surface area contributed by atoms with Crippen molar-refractivity contribution in [3.63, 3.8) is 0 Å². The van der Waals surface area contributed by atoms with Crippen LogP contribution in [0.25, 0.3) is 10.8 Å². The molecule has 0 N–H and O–H groups in total. The van der Waals surface area contributed by atoms with Crippen LogP contribution in [-0.4, -0.2) is 31.7 Å². The first-order valence-electron chi connectivity index (χ1n) is 8.91. The van der Waals surface area contributed by atoms with Gasteiger partial charge in [0.15, 0.2) is 5.69 Å². The summed E-state index contributed by atoms with van der Waals surface area (Å²) in [6.07, 6.45) is 2.87. The quantitative estimate of drug-likeness (QED) is 0.713. The van der Waals surface area contributed by atoms with Gasteiger partial charge in [0, 0.05) is 30.9 Å². The maximum Gasteiger partial charge on any atom is 0.275 e. The number of carbonyl (C=O) groups excluding carboxylic acids is 1. The van der Waals surface area contributed by atoms with E-state index < -0.39 is 0 Å². The maximum absolute atomic E-state index is 13.3. The van der Waals surface area contributed by atoms with Crippen molar-refractivity contribution >= 4 is 16.7 Å². The lowest BCUT2D eigenvalue weighted by Crippen LogP contribution is -2.38. The zero-order chi connectivity index (χ0) is 18.4. The Morgan fingerprint density at radius 2 is 1.88 bits per heavy atom. The number of aryl methyl sites for hydroxylation is 1. The van der Waals surface area contributed by atoms with Crippen LogP contribution < -0.4 is 5.56 Å². The number of aromatic nitrogens is 3. The molecule has 0 fully saturated rings. The third-order valence-corrected chi connectivity index (χ3v) is 5.09. The molecular formula is C20H22N4O2. The Bertz CT molecular complexity index is 1060. The normalized spacial score (nSPS) is 14.1. The first kappa shape index (κ1) is 16.6. The lowest BCUT2D eigenvalue weighted by Gasteiger charge is -2.28. The summed E-state index contributed by atoms with van der Waals surface area (Å²) in [5, 5.41) is 5.61. The lowest BCUT2D eigenvalue weighted by molar-refractivity contribution is 0.0724. The Morgan fingerprint density at radius 1 is 1.15 bits per heavy atom. The van der Waals surface area contributed by atoms with Gasteiger partial charge in [0.25, 0.3) is 11.5 Å². The molecule has 1 aromatic carbocycles. The van der Waals surface area contributed by atoms with E-state index in [1.807, 2.05) is 44.1 Å². The Hall–Kier alpha value is -2.89. The van der Waals surface area contributed by atoms with Gasteiger partial charge in [-0.25, -0.2) is 4.68 Å². The van der Waals surface area contributed by atoms with E-state index in [4.69, 9.17) is 0 Å². The highest BCUT2D eigenvalue weighted by molar-refractivity contribution is 6.04. The third-order valence-electron chi connectivity index (χ3n) is 5.09. The summed E-state index contributed by atoms with van der Waals surface area (Å²) in [7, 11) is 2.00. The summed E-state index contributed by atoms with van der Waals surface area (Å²) in [4.78, 5) is 27.8. The van der Waals surface area contributed by atoms with Crippen molar-refractivity contribution in [1.82, 2.24) is 19.2 Å². The van der Waals surface area contributed by atoms with E-state index >= 15 is 0 Å². The van der Waals surface area contributed by atoms with E-state index in [2.05, 4.69) is 15.7 Å². The molecule has 6 heteroatoms. The molecule has 0 radical (unpaired) electrons. The molecule has 0 saturated heterocycles.